The van der Waals surface area contributed by atoms with Gasteiger partial charge < -0.3 is 16.0 Å². The molecular formula is C8H15N7O. The third-order valence-electron chi connectivity index (χ3n) is 1.43. The number of nitrogens with one attached hydrogen (secondary N) is 2. The number of hydrogen-bond donors (Lipinski definition) is 3. The van der Waals surface area contributed by atoms with Gasteiger partial charge in [0.05, 0.1) is 6.33 Å². The van der Waals surface area contributed by atoms with Crippen molar-refractivity contribution >= 4 is 11.7 Å². The third kappa shape index (κ3) is 4.51. The Morgan fingerprint density at radius 3 is 2.62 bits per heavy atom. The van der Waals surface area contributed by atoms with Gasteiger partial charge in [0.1, 0.15) is 0 Å². The molecule has 2 rings (SSSR count). The molecule has 8 nitrogen and oxygen atoms in total. The number of primary amides is 1. The van der Waals surface area contributed by atoms with E-state index >= 15 is 0 Å². The summed E-state index contributed by atoms with van der Waals surface area (Å²) < 4.78 is 0. The molecule has 16 heavy (non-hydrogen) atoms. The summed E-state index contributed by atoms with van der Waals surface area (Å²) in [5, 5.41) is 11.9. The van der Waals surface area contributed by atoms with Crippen LogP contribution in [-0.4, -0.2) is 48.1 Å². The van der Waals surface area contributed by atoms with E-state index in [2.05, 4.69) is 25.6 Å². The van der Waals surface area contributed by atoms with Crippen molar-refractivity contribution in [2.45, 2.75) is 0 Å². The average Bonchev–Trinajstić information content (AvgIpc) is 3.01. The Morgan fingerprint density at radius 1 is 1.56 bits per heavy atom. The van der Waals surface area contributed by atoms with Crippen LogP contribution in [0.4, 0.5) is 5.82 Å². The number of aromatic amines is 1. The first-order chi connectivity index (χ1) is 7.61. The number of nitrogens with zero attached hydrogens (tertiary/aromatic N) is 4. The standard InChI is InChI=1S/C6H10N6O.C2H5N/c1-12(2)11-10-6-4(5(7)13)8-3-9-6;1-2-3-1/h3H,1-2H3,(H2,7,13)(H,8,9);3H,1-2H2. The number of hydrogen-bond acceptors (Lipinski definition) is 5. The Morgan fingerprint density at radius 2 is 2.19 bits per heavy atom. The first kappa shape index (κ1) is 12.1. The highest BCUT2D eigenvalue weighted by Gasteiger charge is 2.09. The topological polar surface area (TPSA) is 122 Å². The molecule has 1 fully saturated rings. The van der Waals surface area contributed by atoms with Gasteiger partial charge in [0.15, 0.2) is 5.69 Å². The quantitative estimate of drug-likeness (QED) is 0.370. The number of carbonyl (C=O) groups is 1. The molecule has 0 aromatic carbocycles. The molecule has 0 unspecified atom stereocenters. The lowest BCUT2D eigenvalue weighted by atomic mass is 10.4. The summed E-state index contributed by atoms with van der Waals surface area (Å²) >= 11 is 0. The van der Waals surface area contributed by atoms with Crippen LogP contribution in [0.15, 0.2) is 16.7 Å². The predicted molar refractivity (Wildman–Crippen MR) is 58.2 cm³/mol. The third-order valence-corrected chi connectivity index (χ3v) is 1.43. The van der Waals surface area contributed by atoms with Crippen LogP contribution in [0.2, 0.25) is 0 Å². The van der Waals surface area contributed by atoms with E-state index in [0.29, 0.717) is 0 Å². The lowest BCUT2D eigenvalue weighted by Crippen LogP contribution is -2.11. The zero-order chi connectivity index (χ0) is 12.0. The molecule has 88 valence electrons. The van der Waals surface area contributed by atoms with Crippen LogP contribution in [-0.2, 0) is 0 Å². The molecule has 0 aliphatic carbocycles. The van der Waals surface area contributed by atoms with Crippen molar-refractivity contribution in [2.24, 2.45) is 16.1 Å². The van der Waals surface area contributed by atoms with E-state index in [9.17, 15) is 4.79 Å². The molecule has 2 heterocycles. The molecule has 0 saturated carbocycles. The number of carbonyl (C=O) groups excluding carboxylic acids is 1. The zero-order valence-electron chi connectivity index (χ0n) is 9.27. The van der Waals surface area contributed by atoms with Gasteiger partial charge in [-0.1, -0.05) is 5.22 Å². The summed E-state index contributed by atoms with van der Waals surface area (Å²) in [6, 6.07) is 0. The summed E-state index contributed by atoms with van der Waals surface area (Å²) in [5.74, 6) is -0.411. The average molecular weight is 225 g/mol. The number of rotatable bonds is 3. The van der Waals surface area contributed by atoms with Crippen molar-refractivity contribution in [3.8, 4) is 0 Å². The van der Waals surface area contributed by atoms with Crippen molar-refractivity contribution < 1.29 is 4.79 Å². The van der Waals surface area contributed by atoms with Crippen molar-refractivity contribution in [1.29, 1.82) is 0 Å². The maximum Gasteiger partial charge on any atom is 0.269 e. The van der Waals surface area contributed by atoms with Crippen LogP contribution in [0.1, 0.15) is 10.5 Å². The van der Waals surface area contributed by atoms with Crippen molar-refractivity contribution in [3.05, 3.63) is 12.0 Å². The Hall–Kier alpha value is -1.96. The SMILES string of the molecule is C1CN1.CN(C)N=Nc1nc[nH]c1C(N)=O. The van der Waals surface area contributed by atoms with Gasteiger partial charge in [0, 0.05) is 27.2 Å². The van der Waals surface area contributed by atoms with Gasteiger partial charge in [-0.25, -0.2) is 4.98 Å². The first-order valence-corrected chi connectivity index (χ1v) is 4.74. The molecular weight excluding hydrogens is 210 g/mol. The van der Waals surface area contributed by atoms with Crippen LogP contribution < -0.4 is 11.1 Å². The number of amides is 1. The van der Waals surface area contributed by atoms with E-state index in [4.69, 9.17) is 5.73 Å². The molecule has 0 spiro atoms. The van der Waals surface area contributed by atoms with Gasteiger partial charge in [0.2, 0.25) is 5.82 Å². The lowest BCUT2D eigenvalue weighted by Gasteiger charge is -1.98. The zero-order valence-corrected chi connectivity index (χ0v) is 9.27. The summed E-state index contributed by atoms with van der Waals surface area (Å²) in [6.07, 6.45) is 1.34. The van der Waals surface area contributed by atoms with Gasteiger partial charge in [-0.15, -0.1) is 5.11 Å². The highest BCUT2D eigenvalue weighted by Crippen LogP contribution is 2.12. The van der Waals surface area contributed by atoms with Gasteiger partial charge >= 0.3 is 0 Å². The van der Waals surface area contributed by atoms with Gasteiger partial charge in [-0.3, -0.25) is 9.80 Å². The normalized spacial score (nSPS) is 13.1. The maximum atomic E-state index is 10.8. The Bertz CT molecular complexity index is 365. The molecule has 4 N–H and O–H groups in total. The lowest BCUT2D eigenvalue weighted by molar-refractivity contribution is 0.0996. The second-order valence-corrected chi connectivity index (χ2v) is 3.25. The fourth-order valence-corrected chi connectivity index (χ4v) is 0.676. The molecule has 1 aromatic rings. The molecule has 1 aromatic heterocycles. The van der Waals surface area contributed by atoms with Crippen LogP contribution >= 0.6 is 0 Å². The van der Waals surface area contributed by atoms with E-state index in [1.165, 1.54) is 24.4 Å². The number of imidazole rings is 1. The van der Waals surface area contributed by atoms with Crippen LogP contribution in [0.25, 0.3) is 0 Å². The second-order valence-electron chi connectivity index (χ2n) is 3.25. The van der Waals surface area contributed by atoms with Crippen molar-refractivity contribution in [2.75, 3.05) is 27.2 Å². The van der Waals surface area contributed by atoms with Crippen LogP contribution in [0, 0.1) is 0 Å². The first-order valence-electron chi connectivity index (χ1n) is 4.74. The van der Waals surface area contributed by atoms with E-state index < -0.39 is 5.91 Å². The van der Waals surface area contributed by atoms with Crippen LogP contribution in [0.5, 0.6) is 0 Å². The molecule has 0 atom stereocenters. The summed E-state index contributed by atoms with van der Waals surface area (Å²) in [4.78, 5) is 17.1. The minimum Gasteiger partial charge on any atom is -0.364 e. The van der Waals surface area contributed by atoms with E-state index in [1.807, 2.05) is 0 Å². The fraction of sp³-hybridized carbons (Fsp3) is 0.500. The fourth-order valence-electron chi connectivity index (χ4n) is 0.676. The summed E-state index contributed by atoms with van der Waals surface area (Å²) in [5.41, 5.74) is 5.20. The number of H-pyrrole nitrogens is 1. The molecule has 1 aliphatic heterocycles. The Balaban J connectivity index is 0.000000365. The van der Waals surface area contributed by atoms with Gasteiger partial charge in [-0.05, 0) is 0 Å². The van der Waals surface area contributed by atoms with Gasteiger partial charge in [-0.2, -0.15) is 0 Å². The minimum absolute atomic E-state index is 0.158. The number of nitrogens with two attached hydrogens (primary N) is 1. The molecule has 0 bridgehead atoms. The highest BCUT2D eigenvalue weighted by molar-refractivity contribution is 5.94. The molecule has 1 saturated heterocycles. The molecule has 0 radical (unpaired) electrons. The van der Waals surface area contributed by atoms with E-state index in [0.717, 1.165) is 0 Å². The Labute approximate surface area is 92.9 Å². The smallest absolute Gasteiger partial charge is 0.269 e. The van der Waals surface area contributed by atoms with Crippen molar-refractivity contribution in [3.63, 3.8) is 0 Å². The van der Waals surface area contributed by atoms with Gasteiger partial charge in [0.25, 0.3) is 5.91 Å². The summed E-state index contributed by atoms with van der Waals surface area (Å²) in [7, 11) is 3.42. The summed E-state index contributed by atoms with van der Waals surface area (Å²) in [6.45, 7) is 2.50. The maximum absolute atomic E-state index is 10.8. The predicted octanol–water partition coefficient (Wildman–Crippen LogP) is -0.341. The molecule has 1 aliphatic rings. The minimum atomic E-state index is -0.606. The van der Waals surface area contributed by atoms with Crippen LogP contribution in [0.3, 0.4) is 0 Å². The van der Waals surface area contributed by atoms with Crippen molar-refractivity contribution in [1.82, 2.24) is 20.3 Å². The molecule has 8 heteroatoms. The molecule has 1 amide bonds. The Kier molecular flexibility index (Phi) is 4.40. The van der Waals surface area contributed by atoms with E-state index in [1.54, 1.807) is 14.1 Å². The highest BCUT2D eigenvalue weighted by atomic mass is 16.1. The number of aromatic nitrogens is 2. The monoisotopic (exact) mass is 225 g/mol. The largest absolute Gasteiger partial charge is 0.364 e. The van der Waals surface area contributed by atoms with E-state index in [-0.39, 0.29) is 11.5 Å². The second kappa shape index (κ2) is 5.81.